The van der Waals surface area contributed by atoms with Crippen LogP contribution in [0, 0.1) is 0 Å². The van der Waals surface area contributed by atoms with E-state index in [0.29, 0.717) is 0 Å². The molecule has 242 valence electrons. The van der Waals surface area contributed by atoms with E-state index in [1.165, 1.54) is 15.5 Å². The Bertz CT molecular complexity index is 1880. The Kier molecular flexibility index (Phi) is 8.40. The molecule has 0 spiro atoms. The molecule has 45 heavy (non-hydrogen) atoms. The van der Waals surface area contributed by atoms with Crippen molar-refractivity contribution in [2.45, 2.75) is 48.6 Å². The normalized spacial score (nSPS) is 30.3. The summed E-state index contributed by atoms with van der Waals surface area (Å²) in [5, 5.41) is 7.66. The number of imidazole rings is 2. The lowest BCUT2D eigenvalue weighted by Crippen LogP contribution is -2.46. The second kappa shape index (κ2) is 11.9. The smallest absolute Gasteiger partial charge is 0.394 e. The first-order valence-electron chi connectivity index (χ1n) is 13.0. The zero-order valence-electron chi connectivity index (χ0n) is 22.7. The summed E-state index contributed by atoms with van der Waals surface area (Å²) in [6.07, 6.45) is -6.86. The Morgan fingerprint density at radius 3 is 2.67 bits per heavy atom. The Balaban J connectivity index is 1.31. The summed E-state index contributed by atoms with van der Waals surface area (Å²) in [5.41, 5.74) is 10.9. The van der Waals surface area contributed by atoms with Gasteiger partial charge in [-0.1, -0.05) is 0 Å². The predicted molar refractivity (Wildman–Crippen MR) is 153 cm³/mol. The van der Waals surface area contributed by atoms with Crippen LogP contribution in [0.5, 0.6) is 0 Å². The van der Waals surface area contributed by atoms with E-state index in [0.717, 1.165) is 12.7 Å². The van der Waals surface area contributed by atoms with E-state index in [-0.39, 0.29) is 34.1 Å². The minimum atomic E-state index is -4.40. The third-order valence-electron chi connectivity index (χ3n) is 7.62. The highest BCUT2D eigenvalue weighted by atomic mass is 32.5. The van der Waals surface area contributed by atoms with Crippen molar-refractivity contribution in [1.82, 2.24) is 39.0 Å². The number of hydrogen-bond acceptors (Lipinski definition) is 15. The number of aromatic amines is 1. The SMILES string of the molecule is Nc1nc2c(ncn2CC2(P(O)(=S)OCC3OC(n4cnc5c(N)ncnc54)C(F)C3O[P+](=O)O)COC(CO)C2F)c(=O)[nH]1. The van der Waals surface area contributed by atoms with Crippen molar-refractivity contribution in [3.8, 4) is 0 Å². The molecule has 4 aromatic rings. The predicted octanol–water partition coefficient (Wildman–Crippen LogP) is -0.819. The molecule has 2 aliphatic heterocycles. The molecule has 9 unspecified atom stereocenters. The molecule has 0 saturated carbocycles. The Morgan fingerprint density at radius 2 is 1.96 bits per heavy atom. The molecule has 6 heterocycles. The van der Waals surface area contributed by atoms with Crippen LogP contribution in [0.2, 0.25) is 0 Å². The summed E-state index contributed by atoms with van der Waals surface area (Å²) in [6.45, 7) is -6.94. The number of nitrogen functional groups attached to an aromatic ring is 2. The van der Waals surface area contributed by atoms with Crippen LogP contribution < -0.4 is 17.0 Å². The van der Waals surface area contributed by atoms with Crippen molar-refractivity contribution >= 4 is 60.6 Å². The van der Waals surface area contributed by atoms with Crippen LogP contribution in [0.25, 0.3) is 22.3 Å². The number of aliphatic hydroxyl groups excluding tert-OH is 1. The quantitative estimate of drug-likeness (QED) is 0.111. The topological polar surface area (TPSA) is 274 Å². The number of H-pyrrole nitrogens is 1. The van der Waals surface area contributed by atoms with Crippen molar-refractivity contribution in [1.29, 1.82) is 0 Å². The van der Waals surface area contributed by atoms with Crippen LogP contribution in [-0.2, 0) is 41.4 Å². The van der Waals surface area contributed by atoms with Crippen LogP contribution in [0.4, 0.5) is 20.5 Å². The number of nitrogens with zero attached hydrogens (tertiary/aromatic N) is 7. The molecule has 2 aliphatic rings. The van der Waals surface area contributed by atoms with Crippen molar-refractivity contribution < 1.29 is 46.8 Å². The second-order valence-corrected chi connectivity index (χ2v) is 14.6. The number of alkyl halides is 2. The highest BCUT2D eigenvalue weighted by Gasteiger charge is 2.61. The van der Waals surface area contributed by atoms with Gasteiger partial charge in [-0.15, -0.1) is 9.42 Å². The number of ether oxygens (including phenoxy) is 2. The van der Waals surface area contributed by atoms with Crippen LogP contribution in [0.15, 0.2) is 23.8 Å². The van der Waals surface area contributed by atoms with Gasteiger partial charge in [0.1, 0.15) is 35.4 Å². The van der Waals surface area contributed by atoms with Gasteiger partial charge in [-0.3, -0.25) is 14.3 Å². The number of aromatic nitrogens is 8. The summed E-state index contributed by atoms with van der Waals surface area (Å²) in [4.78, 5) is 55.6. The Morgan fingerprint density at radius 1 is 1.20 bits per heavy atom. The number of fused-ring (bicyclic) bond motifs is 2. The van der Waals surface area contributed by atoms with E-state index >= 15 is 8.78 Å². The molecule has 0 aromatic carbocycles. The van der Waals surface area contributed by atoms with Crippen molar-refractivity contribution in [2.24, 2.45) is 0 Å². The lowest BCUT2D eigenvalue weighted by Gasteiger charge is -2.37. The summed E-state index contributed by atoms with van der Waals surface area (Å²) in [6, 6.07) is 0. The average Bonchev–Trinajstić information content (AvgIpc) is 3.74. The highest BCUT2D eigenvalue weighted by Crippen LogP contribution is 2.62. The van der Waals surface area contributed by atoms with E-state index in [4.69, 9.17) is 41.8 Å². The molecule has 8 N–H and O–H groups in total. The molecule has 0 aliphatic carbocycles. The Labute approximate surface area is 255 Å². The van der Waals surface area contributed by atoms with Crippen LogP contribution in [0.1, 0.15) is 6.23 Å². The van der Waals surface area contributed by atoms with Gasteiger partial charge < -0.3 is 40.0 Å². The number of rotatable bonds is 10. The highest BCUT2D eigenvalue weighted by molar-refractivity contribution is 8.10. The van der Waals surface area contributed by atoms with Gasteiger partial charge in [0.25, 0.3) is 5.56 Å². The lowest BCUT2D eigenvalue weighted by atomic mass is 10.0. The molecule has 19 nitrogen and oxygen atoms in total. The maximum atomic E-state index is 16.1. The average molecular weight is 694 g/mol. The molecular formula is C21H25F2N10O9P2S+. The van der Waals surface area contributed by atoms with Gasteiger partial charge in [0.05, 0.1) is 32.5 Å². The molecule has 6 rings (SSSR count). The Hall–Kier alpha value is -3.17. The molecule has 4 aromatic heterocycles. The molecule has 0 amide bonds. The first kappa shape index (κ1) is 31.8. The van der Waals surface area contributed by atoms with Crippen LogP contribution in [0.3, 0.4) is 0 Å². The first-order valence-corrected chi connectivity index (χ1v) is 16.8. The van der Waals surface area contributed by atoms with E-state index in [1.807, 2.05) is 0 Å². The number of halogens is 2. The maximum absolute atomic E-state index is 16.1. The van der Waals surface area contributed by atoms with Gasteiger partial charge in [-0.2, -0.15) is 4.98 Å². The van der Waals surface area contributed by atoms with Crippen LogP contribution >= 0.6 is 14.7 Å². The van der Waals surface area contributed by atoms with Crippen molar-refractivity contribution in [2.75, 3.05) is 31.3 Å². The fourth-order valence-electron chi connectivity index (χ4n) is 5.39. The molecule has 0 bridgehead atoms. The molecular weight excluding hydrogens is 668 g/mol. The lowest BCUT2D eigenvalue weighted by molar-refractivity contribution is -0.0398. The zero-order chi connectivity index (χ0) is 32.3. The molecule has 2 saturated heterocycles. The minimum absolute atomic E-state index is 0.0125. The monoisotopic (exact) mass is 693 g/mol. The van der Waals surface area contributed by atoms with E-state index in [1.54, 1.807) is 0 Å². The van der Waals surface area contributed by atoms with Crippen LogP contribution in [-0.4, -0.2) is 110 Å². The summed E-state index contributed by atoms with van der Waals surface area (Å²) in [7, 11) is -3.34. The van der Waals surface area contributed by atoms with Crippen molar-refractivity contribution in [3.05, 3.63) is 29.3 Å². The standard InChI is InChI=1S/C21H24F2N10O9P2S/c22-10-13(42-43(36)37)9(41-19(10)33-7-29-11-15(24)26-5-27-16(11)33)2-40-44(38,45)21(4-39-8(1-34)14(21)23)3-32-6-28-12-17(32)30-20(25)31-18(12)35/h5-10,13-14,19,34H,1-4H2,(H6-,24,25,26,27,30,31,35,36,37,38,45)/p+1. The fourth-order valence-corrected chi connectivity index (χ4v) is 8.32. The first-order chi connectivity index (χ1) is 21.4. The maximum Gasteiger partial charge on any atom is 0.695 e. The number of nitrogens with two attached hydrogens (primary N) is 2. The molecule has 9 atom stereocenters. The summed E-state index contributed by atoms with van der Waals surface area (Å²) >= 11 is 5.47. The number of aliphatic hydroxyl groups is 1. The third kappa shape index (κ3) is 5.39. The molecule has 24 heteroatoms. The van der Waals surface area contributed by atoms with Gasteiger partial charge in [0.2, 0.25) is 5.95 Å². The van der Waals surface area contributed by atoms with Crippen molar-refractivity contribution in [3.63, 3.8) is 0 Å². The van der Waals surface area contributed by atoms with Gasteiger partial charge >= 0.3 is 8.25 Å². The fraction of sp³-hybridized carbons (Fsp3) is 0.524. The number of anilines is 2. The largest absolute Gasteiger partial charge is 0.695 e. The van der Waals surface area contributed by atoms with Gasteiger partial charge in [0, 0.05) is 11.1 Å². The molecule has 0 radical (unpaired) electrons. The third-order valence-corrected chi connectivity index (χ3v) is 11.6. The van der Waals surface area contributed by atoms with Gasteiger partial charge in [-0.05, 0) is 11.8 Å². The van der Waals surface area contributed by atoms with Gasteiger partial charge in [-0.25, -0.2) is 28.7 Å². The van der Waals surface area contributed by atoms with E-state index in [2.05, 4.69) is 29.9 Å². The summed E-state index contributed by atoms with van der Waals surface area (Å²) in [5.74, 6) is -0.240. The second-order valence-electron chi connectivity index (χ2n) is 10.2. The zero-order valence-corrected chi connectivity index (χ0v) is 25.3. The minimum Gasteiger partial charge on any atom is -0.394 e. The summed E-state index contributed by atoms with van der Waals surface area (Å²) < 4.78 is 67.7. The van der Waals surface area contributed by atoms with E-state index in [9.17, 15) is 24.3 Å². The van der Waals surface area contributed by atoms with E-state index < -0.39 is 88.7 Å². The van der Waals surface area contributed by atoms with Gasteiger partial charge in [0.15, 0.2) is 47.6 Å². The number of nitrogens with one attached hydrogen (secondary N) is 1. The molecule has 2 fully saturated rings. The number of hydrogen-bond donors (Lipinski definition) is 6.